The number of hydrogen-bond acceptors (Lipinski definition) is 3. The molecule has 0 aliphatic carbocycles. The first-order valence-corrected chi connectivity index (χ1v) is 7.49. The molecule has 1 atom stereocenters. The monoisotopic (exact) mass is 284 g/mol. The highest BCUT2D eigenvalue weighted by Crippen LogP contribution is 2.34. The highest BCUT2D eigenvalue weighted by molar-refractivity contribution is 5.94. The van der Waals surface area contributed by atoms with E-state index in [9.17, 15) is 4.79 Å². The van der Waals surface area contributed by atoms with E-state index < -0.39 is 0 Å². The van der Waals surface area contributed by atoms with Gasteiger partial charge >= 0.3 is 0 Å². The van der Waals surface area contributed by atoms with Gasteiger partial charge in [-0.2, -0.15) is 0 Å². The summed E-state index contributed by atoms with van der Waals surface area (Å²) in [6, 6.07) is 11.4. The zero-order valence-electron chi connectivity index (χ0n) is 12.5. The number of carbonyl (C=O) groups is 1. The predicted octanol–water partition coefficient (Wildman–Crippen LogP) is 3.78. The summed E-state index contributed by atoms with van der Waals surface area (Å²) >= 11 is 0. The van der Waals surface area contributed by atoms with Gasteiger partial charge in [0.25, 0.3) is 5.91 Å². The summed E-state index contributed by atoms with van der Waals surface area (Å²) in [6.07, 6.45) is 1.94. The molecular formula is C17H20N2O2. The van der Waals surface area contributed by atoms with Crippen LogP contribution in [-0.4, -0.2) is 22.5 Å². The van der Waals surface area contributed by atoms with Gasteiger partial charge in [0, 0.05) is 18.2 Å². The van der Waals surface area contributed by atoms with Crippen LogP contribution in [-0.2, 0) is 0 Å². The summed E-state index contributed by atoms with van der Waals surface area (Å²) < 4.78 is 5.48. The Morgan fingerprint density at radius 3 is 2.76 bits per heavy atom. The highest BCUT2D eigenvalue weighted by atomic mass is 16.5. The van der Waals surface area contributed by atoms with Crippen LogP contribution in [0.5, 0.6) is 0 Å². The maximum Gasteiger partial charge on any atom is 0.254 e. The van der Waals surface area contributed by atoms with Crippen LogP contribution in [0.3, 0.4) is 0 Å². The summed E-state index contributed by atoms with van der Waals surface area (Å²) in [5.41, 5.74) is 1.68. The second kappa shape index (κ2) is 5.72. The van der Waals surface area contributed by atoms with Gasteiger partial charge in [0.05, 0.1) is 11.7 Å². The largest absolute Gasteiger partial charge is 0.359 e. The number of benzene rings is 1. The Balaban J connectivity index is 1.83. The lowest BCUT2D eigenvalue weighted by molar-refractivity contribution is 0.0714. The topological polar surface area (TPSA) is 46.3 Å². The average Bonchev–Trinajstić information content (AvgIpc) is 3.16. The SMILES string of the molecule is CC(C)c1cc(C2CCCN2C(=O)c2ccccc2)on1. The fourth-order valence-corrected chi connectivity index (χ4v) is 2.79. The van der Waals surface area contributed by atoms with Crippen molar-refractivity contribution >= 4 is 5.91 Å². The molecule has 110 valence electrons. The van der Waals surface area contributed by atoms with Gasteiger partial charge in [-0.15, -0.1) is 0 Å². The number of nitrogens with zero attached hydrogens (tertiary/aromatic N) is 2. The van der Waals surface area contributed by atoms with Crippen molar-refractivity contribution < 1.29 is 9.32 Å². The first-order chi connectivity index (χ1) is 10.2. The molecule has 0 bridgehead atoms. The lowest BCUT2D eigenvalue weighted by Crippen LogP contribution is -2.30. The zero-order chi connectivity index (χ0) is 14.8. The molecule has 0 saturated carbocycles. The van der Waals surface area contributed by atoms with E-state index in [-0.39, 0.29) is 11.9 Å². The van der Waals surface area contributed by atoms with Gasteiger partial charge in [0.1, 0.15) is 0 Å². The maximum atomic E-state index is 12.6. The average molecular weight is 284 g/mol. The summed E-state index contributed by atoms with van der Waals surface area (Å²) in [6.45, 7) is 4.95. The zero-order valence-corrected chi connectivity index (χ0v) is 12.5. The molecule has 1 aliphatic heterocycles. The van der Waals surface area contributed by atoms with Gasteiger partial charge in [-0.05, 0) is 30.9 Å². The number of likely N-dealkylation sites (tertiary alicyclic amines) is 1. The molecule has 4 heteroatoms. The van der Waals surface area contributed by atoms with Crippen molar-refractivity contribution in [2.75, 3.05) is 6.54 Å². The third-order valence-electron chi connectivity index (χ3n) is 4.00. The van der Waals surface area contributed by atoms with E-state index in [0.717, 1.165) is 36.4 Å². The fourth-order valence-electron chi connectivity index (χ4n) is 2.79. The highest BCUT2D eigenvalue weighted by Gasteiger charge is 2.33. The van der Waals surface area contributed by atoms with E-state index in [4.69, 9.17) is 4.52 Å². The van der Waals surface area contributed by atoms with Gasteiger partial charge in [-0.1, -0.05) is 37.2 Å². The van der Waals surface area contributed by atoms with Crippen molar-refractivity contribution in [1.29, 1.82) is 0 Å². The van der Waals surface area contributed by atoms with Gasteiger partial charge in [0.15, 0.2) is 5.76 Å². The minimum absolute atomic E-state index is 0.0118. The molecule has 0 N–H and O–H groups in total. The molecule has 4 nitrogen and oxygen atoms in total. The molecule has 1 amide bonds. The smallest absolute Gasteiger partial charge is 0.254 e. The molecule has 21 heavy (non-hydrogen) atoms. The van der Waals surface area contributed by atoms with Crippen molar-refractivity contribution in [3.05, 3.63) is 53.4 Å². The minimum Gasteiger partial charge on any atom is -0.359 e. The van der Waals surface area contributed by atoms with Crippen molar-refractivity contribution in [2.24, 2.45) is 0 Å². The van der Waals surface area contributed by atoms with Gasteiger partial charge in [-0.25, -0.2) is 0 Å². The Bertz CT molecular complexity index is 619. The van der Waals surface area contributed by atoms with Crippen LogP contribution in [0.25, 0.3) is 0 Å². The lowest BCUT2D eigenvalue weighted by atomic mass is 10.1. The van der Waals surface area contributed by atoms with Crippen LogP contribution in [0.2, 0.25) is 0 Å². The molecule has 1 unspecified atom stereocenters. The van der Waals surface area contributed by atoms with Crippen molar-refractivity contribution in [2.45, 2.75) is 38.6 Å². The third-order valence-corrected chi connectivity index (χ3v) is 4.00. The number of aromatic nitrogens is 1. The van der Waals surface area contributed by atoms with Gasteiger partial charge in [0.2, 0.25) is 0 Å². The number of hydrogen-bond donors (Lipinski definition) is 0. The Labute approximate surface area is 124 Å². The summed E-state index contributed by atoms with van der Waals surface area (Å²) in [5.74, 6) is 1.21. The summed E-state index contributed by atoms with van der Waals surface area (Å²) in [7, 11) is 0. The van der Waals surface area contributed by atoms with E-state index in [1.165, 1.54) is 0 Å². The van der Waals surface area contributed by atoms with Crippen molar-refractivity contribution in [1.82, 2.24) is 10.1 Å². The molecular weight excluding hydrogens is 264 g/mol. The molecule has 2 aromatic rings. The minimum atomic E-state index is 0.0118. The third kappa shape index (κ3) is 2.71. The van der Waals surface area contributed by atoms with Crippen LogP contribution in [0.1, 0.15) is 60.5 Å². The number of amides is 1. The van der Waals surface area contributed by atoms with E-state index in [2.05, 4.69) is 19.0 Å². The molecule has 2 heterocycles. The van der Waals surface area contributed by atoms with Crippen LogP contribution in [0.4, 0.5) is 0 Å². The Hall–Kier alpha value is -2.10. The van der Waals surface area contributed by atoms with E-state index in [1.54, 1.807) is 0 Å². The van der Waals surface area contributed by atoms with Gasteiger partial charge in [-0.3, -0.25) is 4.79 Å². The normalized spacial score (nSPS) is 18.4. The quantitative estimate of drug-likeness (QED) is 0.861. The van der Waals surface area contributed by atoms with Crippen LogP contribution in [0, 0.1) is 0 Å². The Kier molecular flexibility index (Phi) is 3.78. The van der Waals surface area contributed by atoms with Crippen LogP contribution >= 0.6 is 0 Å². The molecule has 1 aromatic carbocycles. The molecule has 0 radical (unpaired) electrons. The first kappa shape index (κ1) is 13.9. The summed E-state index contributed by atoms with van der Waals surface area (Å²) in [5, 5.41) is 4.11. The second-order valence-corrected chi connectivity index (χ2v) is 5.83. The molecule has 1 saturated heterocycles. The predicted molar refractivity (Wildman–Crippen MR) is 80.0 cm³/mol. The second-order valence-electron chi connectivity index (χ2n) is 5.83. The van der Waals surface area contributed by atoms with Crippen LogP contribution in [0.15, 0.2) is 40.9 Å². The van der Waals surface area contributed by atoms with E-state index in [0.29, 0.717) is 5.92 Å². The standard InChI is InChI=1S/C17H20N2O2/c1-12(2)14-11-16(21-18-14)15-9-6-10-19(15)17(20)13-7-4-3-5-8-13/h3-5,7-8,11-12,15H,6,9-10H2,1-2H3. The number of carbonyl (C=O) groups excluding carboxylic acids is 1. The molecule has 1 fully saturated rings. The van der Waals surface area contributed by atoms with Crippen molar-refractivity contribution in [3.8, 4) is 0 Å². The fraction of sp³-hybridized carbons (Fsp3) is 0.412. The molecule has 3 rings (SSSR count). The molecule has 1 aromatic heterocycles. The van der Waals surface area contributed by atoms with E-state index in [1.807, 2.05) is 41.3 Å². The van der Waals surface area contributed by atoms with Crippen LogP contribution < -0.4 is 0 Å². The van der Waals surface area contributed by atoms with E-state index >= 15 is 0 Å². The molecule has 1 aliphatic rings. The first-order valence-electron chi connectivity index (χ1n) is 7.49. The maximum absolute atomic E-state index is 12.6. The van der Waals surface area contributed by atoms with Gasteiger partial charge < -0.3 is 9.42 Å². The lowest BCUT2D eigenvalue weighted by Gasteiger charge is -2.22. The Morgan fingerprint density at radius 1 is 1.33 bits per heavy atom. The van der Waals surface area contributed by atoms with Crippen molar-refractivity contribution in [3.63, 3.8) is 0 Å². The Morgan fingerprint density at radius 2 is 2.10 bits per heavy atom. The summed E-state index contributed by atoms with van der Waals surface area (Å²) in [4.78, 5) is 14.5. The molecule has 0 spiro atoms. The number of rotatable bonds is 3.